The Hall–Kier alpha value is -1.78. The van der Waals surface area contributed by atoms with Crippen molar-refractivity contribution in [2.24, 2.45) is 0 Å². The SMILES string of the molecule is CC(=O)C[n+]1cc([N+](=O)[O-])ccc1C. The maximum atomic E-state index is 10.9. The van der Waals surface area contributed by atoms with E-state index in [1.54, 1.807) is 17.6 Å². The number of carbonyl (C=O) groups is 1. The summed E-state index contributed by atoms with van der Waals surface area (Å²) in [6.45, 7) is 3.42. The summed E-state index contributed by atoms with van der Waals surface area (Å²) in [6, 6.07) is 3.05. The summed E-state index contributed by atoms with van der Waals surface area (Å²) >= 11 is 0. The van der Waals surface area contributed by atoms with Gasteiger partial charge in [0, 0.05) is 26.0 Å². The molecular formula is C9H11N2O3+. The van der Waals surface area contributed by atoms with E-state index in [2.05, 4.69) is 0 Å². The highest BCUT2D eigenvalue weighted by Crippen LogP contribution is 2.06. The lowest BCUT2D eigenvalue weighted by Crippen LogP contribution is -2.39. The predicted octanol–water partition coefficient (Wildman–Crippen LogP) is 0.780. The van der Waals surface area contributed by atoms with E-state index in [-0.39, 0.29) is 18.0 Å². The molecule has 0 N–H and O–H groups in total. The fraction of sp³-hybridized carbons (Fsp3) is 0.333. The average molecular weight is 195 g/mol. The molecule has 0 aliphatic rings. The second kappa shape index (κ2) is 3.95. The molecular weight excluding hydrogens is 184 g/mol. The van der Waals surface area contributed by atoms with Crippen molar-refractivity contribution in [2.45, 2.75) is 20.4 Å². The van der Waals surface area contributed by atoms with E-state index < -0.39 is 4.92 Å². The summed E-state index contributed by atoms with van der Waals surface area (Å²) in [7, 11) is 0. The lowest BCUT2D eigenvalue weighted by molar-refractivity contribution is -0.692. The minimum absolute atomic E-state index is 0.00292. The van der Waals surface area contributed by atoms with Crippen LogP contribution in [0.25, 0.3) is 0 Å². The van der Waals surface area contributed by atoms with E-state index in [9.17, 15) is 14.9 Å². The van der Waals surface area contributed by atoms with Gasteiger partial charge in [-0.1, -0.05) is 0 Å². The van der Waals surface area contributed by atoms with Crippen LogP contribution in [0.5, 0.6) is 0 Å². The summed E-state index contributed by atoms with van der Waals surface area (Å²) in [4.78, 5) is 20.8. The molecule has 1 aromatic rings. The zero-order valence-corrected chi connectivity index (χ0v) is 8.06. The van der Waals surface area contributed by atoms with Crippen molar-refractivity contribution in [3.05, 3.63) is 34.1 Å². The predicted molar refractivity (Wildman–Crippen MR) is 48.7 cm³/mol. The van der Waals surface area contributed by atoms with Crippen molar-refractivity contribution in [2.75, 3.05) is 0 Å². The van der Waals surface area contributed by atoms with Crippen LogP contribution in [0.1, 0.15) is 12.6 Å². The van der Waals surface area contributed by atoms with Crippen molar-refractivity contribution in [3.63, 3.8) is 0 Å². The standard InChI is InChI=1S/C9H11N2O3/c1-7-3-4-9(11(13)14)6-10(7)5-8(2)12/h3-4,6H,5H2,1-2H3/q+1. The molecule has 0 aromatic carbocycles. The Kier molecular flexibility index (Phi) is 2.91. The van der Waals surface area contributed by atoms with Crippen LogP contribution in [-0.4, -0.2) is 10.7 Å². The van der Waals surface area contributed by atoms with E-state index >= 15 is 0 Å². The van der Waals surface area contributed by atoms with Crippen molar-refractivity contribution < 1.29 is 14.3 Å². The van der Waals surface area contributed by atoms with Crippen LogP contribution in [0.3, 0.4) is 0 Å². The third-order valence-electron chi connectivity index (χ3n) is 1.84. The fourth-order valence-electron chi connectivity index (χ4n) is 1.12. The summed E-state index contributed by atoms with van der Waals surface area (Å²) in [5, 5.41) is 10.5. The summed E-state index contributed by atoms with van der Waals surface area (Å²) in [6.07, 6.45) is 1.37. The molecule has 0 unspecified atom stereocenters. The molecule has 74 valence electrons. The summed E-state index contributed by atoms with van der Waals surface area (Å²) in [5.74, 6) is -0.0291. The Morgan fingerprint density at radius 2 is 2.21 bits per heavy atom. The van der Waals surface area contributed by atoms with E-state index in [1.807, 2.05) is 0 Å². The minimum Gasteiger partial charge on any atom is -0.293 e. The monoisotopic (exact) mass is 195 g/mol. The summed E-state index contributed by atoms with van der Waals surface area (Å²) in [5.41, 5.74) is 0.822. The van der Waals surface area contributed by atoms with Crippen LogP contribution >= 0.6 is 0 Å². The van der Waals surface area contributed by atoms with E-state index in [4.69, 9.17) is 0 Å². The van der Waals surface area contributed by atoms with Gasteiger partial charge in [-0.05, 0) is 0 Å². The zero-order chi connectivity index (χ0) is 10.7. The van der Waals surface area contributed by atoms with Crippen molar-refractivity contribution in [1.29, 1.82) is 0 Å². The number of nitro groups is 1. The lowest BCUT2D eigenvalue weighted by atomic mass is 10.3. The first-order valence-electron chi connectivity index (χ1n) is 4.14. The Morgan fingerprint density at radius 1 is 1.57 bits per heavy atom. The number of hydrogen-bond acceptors (Lipinski definition) is 3. The van der Waals surface area contributed by atoms with Crippen molar-refractivity contribution >= 4 is 11.5 Å². The lowest BCUT2D eigenvalue weighted by Gasteiger charge is -1.96. The third kappa shape index (κ3) is 2.35. The number of Topliss-reactive ketones (excluding diaryl/α,β-unsaturated/α-hetero) is 1. The Balaban J connectivity index is 3.08. The Labute approximate surface area is 81.1 Å². The van der Waals surface area contributed by atoms with Gasteiger partial charge in [0.2, 0.25) is 12.7 Å². The number of aromatic nitrogens is 1. The van der Waals surface area contributed by atoms with Gasteiger partial charge in [-0.3, -0.25) is 14.9 Å². The van der Waals surface area contributed by atoms with E-state index in [0.717, 1.165) is 5.69 Å². The molecule has 0 saturated heterocycles. The van der Waals surface area contributed by atoms with Crippen LogP contribution in [0.4, 0.5) is 5.69 Å². The van der Waals surface area contributed by atoms with Crippen LogP contribution in [0.15, 0.2) is 18.3 Å². The number of pyridine rings is 1. The second-order valence-electron chi connectivity index (χ2n) is 3.12. The highest BCUT2D eigenvalue weighted by atomic mass is 16.6. The van der Waals surface area contributed by atoms with Gasteiger partial charge in [0.25, 0.3) is 0 Å². The summed E-state index contributed by atoms with van der Waals surface area (Å²) < 4.78 is 1.57. The van der Waals surface area contributed by atoms with E-state index in [0.29, 0.717) is 0 Å². The topological polar surface area (TPSA) is 64.1 Å². The maximum absolute atomic E-state index is 10.9. The molecule has 1 aromatic heterocycles. The smallest absolute Gasteiger partial charge is 0.293 e. The molecule has 0 atom stereocenters. The molecule has 5 heteroatoms. The quantitative estimate of drug-likeness (QED) is 0.406. The first-order chi connectivity index (χ1) is 6.50. The highest BCUT2D eigenvalue weighted by molar-refractivity contribution is 5.73. The molecule has 1 heterocycles. The van der Waals surface area contributed by atoms with Crippen LogP contribution in [0.2, 0.25) is 0 Å². The van der Waals surface area contributed by atoms with Gasteiger partial charge in [-0.25, -0.2) is 0 Å². The van der Waals surface area contributed by atoms with Crippen molar-refractivity contribution in [1.82, 2.24) is 0 Å². The normalized spacial score (nSPS) is 9.86. The first kappa shape index (κ1) is 10.3. The van der Waals surface area contributed by atoms with Crippen molar-refractivity contribution in [3.8, 4) is 0 Å². The average Bonchev–Trinajstić information content (AvgIpc) is 2.07. The van der Waals surface area contributed by atoms with Gasteiger partial charge in [-0.15, -0.1) is 0 Å². The van der Waals surface area contributed by atoms with Gasteiger partial charge in [0.15, 0.2) is 11.5 Å². The largest absolute Gasteiger partial charge is 0.332 e. The van der Waals surface area contributed by atoms with Crippen LogP contribution < -0.4 is 4.57 Å². The molecule has 0 fully saturated rings. The fourth-order valence-corrected chi connectivity index (χ4v) is 1.12. The molecule has 14 heavy (non-hydrogen) atoms. The molecule has 0 radical (unpaired) electrons. The molecule has 0 spiro atoms. The third-order valence-corrected chi connectivity index (χ3v) is 1.84. The molecule has 5 nitrogen and oxygen atoms in total. The molecule has 0 bridgehead atoms. The molecule has 1 rings (SSSR count). The van der Waals surface area contributed by atoms with Crippen LogP contribution in [-0.2, 0) is 11.3 Å². The number of hydrogen-bond donors (Lipinski definition) is 0. The minimum atomic E-state index is -0.476. The number of carbonyl (C=O) groups excluding carboxylic acids is 1. The molecule has 0 aliphatic heterocycles. The van der Waals surface area contributed by atoms with Gasteiger partial charge in [-0.2, -0.15) is 4.57 Å². The highest BCUT2D eigenvalue weighted by Gasteiger charge is 2.15. The van der Waals surface area contributed by atoms with Gasteiger partial charge in [0.1, 0.15) is 0 Å². The van der Waals surface area contributed by atoms with Gasteiger partial charge >= 0.3 is 5.69 Å². The number of nitrogens with zero attached hydrogens (tertiary/aromatic N) is 2. The zero-order valence-electron chi connectivity index (χ0n) is 8.06. The maximum Gasteiger partial charge on any atom is 0.332 e. The number of rotatable bonds is 3. The van der Waals surface area contributed by atoms with Gasteiger partial charge < -0.3 is 0 Å². The first-order valence-corrected chi connectivity index (χ1v) is 4.14. The Bertz CT molecular complexity index is 388. The molecule has 0 amide bonds. The van der Waals surface area contributed by atoms with Gasteiger partial charge in [0.05, 0.1) is 4.92 Å². The van der Waals surface area contributed by atoms with Crippen LogP contribution in [0, 0.1) is 17.0 Å². The number of ketones is 1. The van der Waals surface area contributed by atoms with E-state index in [1.165, 1.54) is 19.2 Å². The number of aryl methyl sites for hydroxylation is 1. The molecule has 0 aliphatic carbocycles. The molecule has 0 saturated carbocycles. The Morgan fingerprint density at radius 3 is 2.71 bits per heavy atom. The second-order valence-corrected chi connectivity index (χ2v) is 3.12.